The van der Waals surface area contributed by atoms with Gasteiger partial charge in [-0.2, -0.15) is 12.6 Å². The molecule has 294 valence electrons. The number of carbonyl (C=O) groups excluding carboxylic acids is 3. The van der Waals surface area contributed by atoms with Crippen LogP contribution in [0.3, 0.4) is 0 Å². The Bertz CT molecular complexity index is 1920. The summed E-state index contributed by atoms with van der Waals surface area (Å²) in [6, 6.07) is 32.5. The number of β-lactam (4-membered cyclic amide) rings is 1. The first kappa shape index (κ1) is 45.8. The van der Waals surface area contributed by atoms with Crippen molar-refractivity contribution in [1.82, 2.24) is 20.2 Å². The van der Waals surface area contributed by atoms with Gasteiger partial charge in [0, 0.05) is 34.0 Å². The lowest BCUT2D eigenvalue weighted by Gasteiger charge is -2.49. The quantitative estimate of drug-likeness (QED) is 0.0472. The summed E-state index contributed by atoms with van der Waals surface area (Å²) in [5.74, 6) is -0.484. The van der Waals surface area contributed by atoms with E-state index < -0.39 is 18.1 Å². The van der Waals surface area contributed by atoms with Crippen LogP contribution < -0.4 is 5.32 Å². The first-order valence-electron chi connectivity index (χ1n) is 18.3. The highest BCUT2D eigenvalue weighted by atomic mass is 32.2. The number of nitrogens with zero attached hydrogens (tertiary/aromatic N) is 3. The SMILES string of the molecule is C/C=C\C.CC.CCc1ccccc1.CS.O=CNC1C(=O)N2C(C(=O)OC(c3ccccc3)c3ccccc3)=C(Sc3nc(-c4ccncc4)cs3)CSC12. The summed E-state index contributed by atoms with van der Waals surface area (Å²) in [4.78, 5) is 49.2. The fourth-order valence-corrected chi connectivity index (χ4v) is 8.75. The summed E-state index contributed by atoms with van der Waals surface area (Å²) < 4.78 is 6.91. The van der Waals surface area contributed by atoms with Crippen LogP contribution in [0, 0.1) is 0 Å². The number of thiazole rings is 1. The van der Waals surface area contributed by atoms with Gasteiger partial charge < -0.3 is 10.1 Å². The van der Waals surface area contributed by atoms with Gasteiger partial charge in [-0.3, -0.25) is 19.5 Å². The molecule has 7 rings (SSSR count). The standard InChI is InChI=1S/C29H22N4O4S3.C8H10.C4H8.C2H6.CH4S/c34-17-31-23-26(35)33-24(28(36)37-25(19-7-3-1-4-8-19)20-9-5-2-6-10-20)22(16-38-27(23)33)40-29-32-21(15-39-29)18-11-13-30-14-12-18;1-2-8-6-4-3-5-7-8;1-3-4-2;2*1-2/h1-15,17,23,25,27H,16H2,(H,31,34);3-7H,2H2,1H3;3-4H,1-2H3;1-2H3;2H,1H3/b;;4-3-;;. The highest BCUT2D eigenvalue weighted by Crippen LogP contribution is 2.46. The van der Waals surface area contributed by atoms with Crippen LogP contribution in [-0.2, 0) is 25.5 Å². The van der Waals surface area contributed by atoms with E-state index in [1.807, 2.05) is 124 Å². The van der Waals surface area contributed by atoms with Gasteiger partial charge in [0.05, 0.1) is 5.69 Å². The van der Waals surface area contributed by atoms with Crippen LogP contribution >= 0.6 is 47.5 Å². The van der Waals surface area contributed by atoms with Gasteiger partial charge in [0.25, 0.3) is 5.91 Å². The maximum absolute atomic E-state index is 14.0. The average Bonchev–Trinajstić information content (AvgIpc) is 3.76. The van der Waals surface area contributed by atoms with Crippen molar-refractivity contribution < 1.29 is 19.1 Å². The Labute approximate surface area is 349 Å². The molecule has 56 heavy (non-hydrogen) atoms. The zero-order valence-electron chi connectivity index (χ0n) is 32.6. The van der Waals surface area contributed by atoms with Gasteiger partial charge in [-0.05, 0) is 55.3 Å². The smallest absolute Gasteiger partial charge is 0.356 e. The molecular formula is C44H50N4O4S4. The molecule has 2 aromatic heterocycles. The molecule has 2 amide bonds. The molecule has 0 aliphatic carbocycles. The number of pyridine rings is 1. The summed E-state index contributed by atoms with van der Waals surface area (Å²) in [6.45, 7) is 10.2. The second kappa shape index (κ2) is 25.5. The zero-order valence-corrected chi connectivity index (χ0v) is 35.9. The van der Waals surface area contributed by atoms with Gasteiger partial charge in [-0.1, -0.05) is 136 Å². The van der Waals surface area contributed by atoms with Gasteiger partial charge in [0.2, 0.25) is 6.41 Å². The number of hydrogen-bond donors (Lipinski definition) is 2. The highest BCUT2D eigenvalue weighted by molar-refractivity contribution is 8.07. The summed E-state index contributed by atoms with van der Waals surface area (Å²) in [6.07, 6.45) is 10.1. The third kappa shape index (κ3) is 12.7. The number of ether oxygens (including phenoxy) is 1. The number of fused-ring (bicyclic) bond motifs is 1. The molecule has 1 saturated heterocycles. The van der Waals surface area contributed by atoms with Crippen molar-refractivity contribution in [3.8, 4) is 11.3 Å². The normalized spacial score (nSPS) is 15.2. The number of allylic oxidation sites excluding steroid dienone is 2. The van der Waals surface area contributed by atoms with Gasteiger partial charge in [-0.25, -0.2) is 9.78 Å². The molecule has 4 heterocycles. The maximum atomic E-state index is 14.0. The molecule has 0 spiro atoms. The average molecular weight is 827 g/mol. The lowest BCUT2D eigenvalue weighted by molar-refractivity contribution is -0.154. The van der Waals surface area contributed by atoms with Crippen molar-refractivity contribution in [1.29, 1.82) is 0 Å². The number of thiol groups is 1. The van der Waals surface area contributed by atoms with E-state index in [0.717, 1.165) is 33.1 Å². The number of aryl methyl sites for hydroxylation is 1. The predicted molar refractivity (Wildman–Crippen MR) is 238 cm³/mol. The fraction of sp³-hybridized carbons (Fsp3) is 0.250. The number of esters is 1. The zero-order chi connectivity index (χ0) is 40.7. The van der Waals surface area contributed by atoms with E-state index in [1.165, 1.54) is 45.3 Å². The Morgan fingerprint density at radius 3 is 1.98 bits per heavy atom. The molecule has 2 atom stereocenters. The number of benzene rings is 3. The van der Waals surface area contributed by atoms with Crippen molar-refractivity contribution in [2.45, 2.75) is 62.9 Å². The molecule has 1 N–H and O–H groups in total. The molecule has 0 saturated carbocycles. The number of carbonyl (C=O) groups is 3. The monoisotopic (exact) mass is 826 g/mol. The van der Waals surface area contributed by atoms with Crippen LogP contribution in [0.25, 0.3) is 11.3 Å². The Morgan fingerprint density at radius 2 is 1.48 bits per heavy atom. The van der Waals surface area contributed by atoms with E-state index >= 15 is 0 Å². The molecule has 2 unspecified atom stereocenters. The molecule has 1 fully saturated rings. The van der Waals surface area contributed by atoms with E-state index in [0.29, 0.717) is 17.1 Å². The van der Waals surface area contributed by atoms with Crippen molar-refractivity contribution in [2.75, 3.05) is 12.0 Å². The first-order valence-corrected chi connectivity index (χ1v) is 21.9. The largest absolute Gasteiger partial charge is 0.448 e. The van der Waals surface area contributed by atoms with Crippen LogP contribution in [0.1, 0.15) is 57.4 Å². The number of nitrogens with one attached hydrogen (secondary N) is 1. The Morgan fingerprint density at radius 1 is 0.929 bits per heavy atom. The van der Waals surface area contributed by atoms with Crippen LogP contribution in [-0.4, -0.2) is 56.6 Å². The summed E-state index contributed by atoms with van der Waals surface area (Å²) in [5, 5.41) is 4.14. The molecule has 12 heteroatoms. The Hall–Kier alpha value is -4.62. The molecule has 2 aliphatic rings. The number of thioether (sulfide) groups is 2. The first-order chi connectivity index (χ1) is 27.5. The molecule has 8 nitrogen and oxygen atoms in total. The maximum Gasteiger partial charge on any atom is 0.356 e. The lowest BCUT2D eigenvalue weighted by atomic mass is 10.0. The van der Waals surface area contributed by atoms with E-state index in [9.17, 15) is 14.4 Å². The molecular weight excluding hydrogens is 777 g/mol. The topological polar surface area (TPSA) is 101 Å². The Kier molecular flexibility index (Phi) is 20.9. The van der Waals surface area contributed by atoms with Crippen LogP contribution in [0.2, 0.25) is 0 Å². The van der Waals surface area contributed by atoms with Crippen molar-refractivity contribution in [2.24, 2.45) is 0 Å². The number of aromatic nitrogens is 2. The second-order valence-corrected chi connectivity index (χ2v) is 14.7. The molecule has 0 bridgehead atoms. The van der Waals surface area contributed by atoms with Gasteiger partial charge >= 0.3 is 5.97 Å². The molecule has 2 aliphatic heterocycles. The van der Waals surface area contributed by atoms with E-state index in [1.54, 1.807) is 18.6 Å². The van der Waals surface area contributed by atoms with Crippen molar-refractivity contribution >= 4 is 65.8 Å². The van der Waals surface area contributed by atoms with Gasteiger partial charge in [0.1, 0.15) is 17.1 Å². The minimum atomic E-state index is -0.686. The minimum Gasteiger partial charge on any atom is -0.448 e. The van der Waals surface area contributed by atoms with E-state index in [4.69, 9.17) is 9.72 Å². The minimum absolute atomic E-state index is 0.195. The number of amides is 2. The third-order valence-corrected chi connectivity index (χ3v) is 11.5. The van der Waals surface area contributed by atoms with Gasteiger partial charge in [0.15, 0.2) is 10.4 Å². The van der Waals surface area contributed by atoms with Crippen molar-refractivity contribution in [3.63, 3.8) is 0 Å². The van der Waals surface area contributed by atoms with E-state index in [-0.39, 0.29) is 17.0 Å². The summed E-state index contributed by atoms with van der Waals surface area (Å²) in [7, 11) is 0. The van der Waals surface area contributed by atoms with E-state index in [2.05, 4.69) is 54.1 Å². The number of hydrogen-bond acceptors (Lipinski definition) is 10. The summed E-state index contributed by atoms with van der Waals surface area (Å²) >= 11 is 7.84. The second-order valence-electron chi connectivity index (χ2n) is 11.4. The fourth-order valence-electron chi connectivity index (χ4n) is 5.28. The number of rotatable bonds is 10. The highest BCUT2D eigenvalue weighted by Gasteiger charge is 2.54. The summed E-state index contributed by atoms with van der Waals surface area (Å²) in [5.41, 5.74) is 4.99. The van der Waals surface area contributed by atoms with Gasteiger partial charge in [-0.15, -0.1) is 23.1 Å². The van der Waals surface area contributed by atoms with Crippen LogP contribution in [0.4, 0.5) is 0 Å². The predicted octanol–water partition coefficient (Wildman–Crippen LogP) is 10.3. The lowest BCUT2D eigenvalue weighted by Crippen LogP contribution is -2.69. The van der Waals surface area contributed by atoms with Crippen LogP contribution in [0.15, 0.2) is 148 Å². The molecule has 0 radical (unpaired) electrons. The molecule has 5 aromatic rings. The third-order valence-electron chi connectivity index (χ3n) is 8.06. The molecule has 3 aromatic carbocycles. The van der Waals surface area contributed by atoms with Crippen LogP contribution in [0.5, 0.6) is 0 Å². The Balaban J connectivity index is 0.000000446. The van der Waals surface area contributed by atoms with Crippen molar-refractivity contribution in [3.05, 3.63) is 160 Å².